The maximum Gasteiger partial charge on any atom is 0.406 e. The molecule has 1 aliphatic rings. The predicted octanol–water partition coefficient (Wildman–Crippen LogP) is 4.64. The van der Waals surface area contributed by atoms with Gasteiger partial charge in [-0.3, -0.25) is 10.7 Å². The number of para-hydroxylation sites is 1. The van der Waals surface area contributed by atoms with E-state index in [4.69, 9.17) is 28.1 Å². The second kappa shape index (κ2) is 7.62. The fraction of sp³-hybridized carbons (Fsp3) is 0.227. The zero-order valence-electron chi connectivity index (χ0n) is 16.5. The highest BCUT2D eigenvalue weighted by atomic mass is 35.5. The normalized spacial score (nSPS) is 21.4. The lowest BCUT2D eigenvalue weighted by Gasteiger charge is -2.34. The molecule has 4 N–H and O–H groups in total. The Kier molecular flexibility index (Phi) is 5.23. The number of amidine groups is 1. The molecule has 0 amide bonds. The van der Waals surface area contributed by atoms with Gasteiger partial charge in [-0.25, -0.2) is 9.98 Å². The molecule has 9 heteroatoms. The van der Waals surface area contributed by atoms with Crippen molar-refractivity contribution in [3.63, 3.8) is 0 Å². The van der Waals surface area contributed by atoms with Crippen LogP contribution in [0.3, 0.4) is 0 Å². The summed E-state index contributed by atoms with van der Waals surface area (Å²) in [5, 5.41) is 1.09. The van der Waals surface area contributed by atoms with Crippen molar-refractivity contribution in [1.29, 1.82) is 0 Å². The Morgan fingerprint density at radius 1 is 1.13 bits per heavy atom. The zero-order valence-corrected chi connectivity index (χ0v) is 17.2. The summed E-state index contributed by atoms with van der Waals surface area (Å²) in [5.41, 5.74) is 11.5. The molecular weight excluding hydrogens is 427 g/mol. The molecule has 0 saturated heterocycles. The van der Waals surface area contributed by atoms with Gasteiger partial charge in [-0.1, -0.05) is 48.0 Å². The number of pyridine rings is 1. The summed E-state index contributed by atoms with van der Waals surface area (Å²) in [6, 6.07) is 14.1. The lowest BCUT2D eigenvalue weighted by Crippen LogP contribution is -2.54. The zero-order chi connectivity index (χ0) is 22.4. The van der Waals surface area contributed by atoms with Crippen molar-refractivity contribution in [2.24, 2.45) is 26.9 Å². The summed E-state index contributed by atoms with van der Waals surface area (Å²) in [4.78, 5) is 12.1. The van der Waals surface area contributed by atoms with Crippen LogP contribution in [0.1, 0.15) is 11.1 Å². The van der Waals surface area contributed by atoms with Crippen LogP contribution in [0, 0.1) is 12.3 Å². The van der Waals surface area contributed by atoms with Crippen LogP contribution < -0.4 is 11.5 Å². The minimum atomic E-state index is -4.75. The molecule has 0 spiro atoms. The number of aromatic nitrogens is 1. The second-order valence-electron chi connectivity index (χ2n) is 7.47. The Bertz CT molecular complexity index is 1220. The molecule has 2 atom stereocenters. The molecular formula is C22H19ClF3N5. The predicted molar refractivity (Wildman–Crippen MR) is 117 cm³/mol. The van der Waals surface area contributed by atoms with Crippen LogP contribution in [0.15, 0.2) is 58.5 Å². The van der Waals surface area contributed by atoms with Gasteiger partial charge in [0.05, 0.1) is 11.2 Å². The van der Waals surface area contributed by atoms with Crippen LogP contribution in [0.2, 0.25) is 5.02 Å². The largest absolute Gasteiger partial charge is 0.406 e. The molecule has 0 aliphatic carbocycles. The third-order valence-corrected chi connectivity index (χ3v) is 5.74. The number of nitrogens with two attached hydrogens (primary N) is 2. The van der Waals surface area contributed by atoms with Gasteiger partial charge >= 0.3 is 6.18 Å². The van der Waals surface area contributed by atoms with Crippen LogP contribution in [-0.2, 0) is 6.42 Å². The fourth-order valence-corrected chi connectivity index (χ4v) is 3.95. The lowest BCUT2D eigenvalue weighted by atomic mass is 9.78. The van der Waals surface area contributed by atoms with Gasteiger partial charge in [-0.05, 0) is 30.2 Å². The summed E-state index contributed by atoms with van der Waals surface area (Å²) < 4.78 is 42.9. The average molecular weight is 446 g/mol. The molecule has 0 radical (unpaired) electrons. The number of rotatable bonds is 3. The molecule has 3 aromatic rings. The monoisotopic (exact) mass is 445 g/mol. The maximum atomic E-state index is 14.3. The summed E-state index contributed by atoms with van der Waals surface area (Å²) in [5.74, 6) is -0.628. The number of halogens is 4. The minimum absolute atomic E-state index is 0.323. The first-order chi connectivity index (χ1) is 14.6. The van der Waals surface area contributed by atoms with E-state index in [0.29, 0.717) is 32.7 Å². The van der Waals surface area contributed by atoms with E-state index in [1.807, 2.05) is 19.1 Å². The molecule has 0 saturated carbocycles. The van der Waals surface area contributed by atoms with Crippen LogP contribution >= 0.6 is 11.6 Å². The Morgan fingerprint density at radius 2 is 1.87 bits per heavy atom. The van der Waals surface area contributed by atoms with Gasteiger partial charge in [-0.2, -0.15) is 13.2 Å². The number of hydrogen-bond donors (Lipinski definition) is 2. The van der Waals surface area contributed by atoms with E-state index in [1.54, 1.807) is 36.4 Å². The minimum Gasteiger partial charge on any atom is -0.386 e. The van der Waals surface area contributed by atoms with Crippen LogP contribution in [0.25, 0.3) is 22.2 Å². The second-order valence-corrected chi connectivity index (χ2v) is 7.88. The van der Waals surface area contributed by atoms with E-state index in [2.05, 4.69) is 9.98 Å². The van der Waals surface area contributed by atoms with Crippen LogP contribution in [0.4, 0.5) is 13.2 Å². The van der Waals surface area contributed by atoms with Crippen LogP contribution in [0.5, 0.6) is 0 Å². The quantitative estimate of drug-likeness (QED) is 0.615. The van der Waals surface area contributed by atoms with E-state index >= 15 is 0 Å². The number of fused-ring (bicyclic) bond motifs is 1. The smallest absolute Gasteiger partial charge is 0.386 e. The third-order valence-electron chi connectivity index (χ3n) is 5.41. The Hall–Kier alpha value is -2.97. The van der Waals surface area contributed by atoms with E-state index in [-0.39, 0.29) is 0 Å². The maximum absolute atomic E-state index is 14.3. The number of benzene rings is 2. The van der Waals surface area contributed by atoms with Gasteiger partial charge in [0, 0.05) is 28.6 Å². The lowest BCUT2D eigenvalue weighted by molar-refractivity contribution is -0.174. The molecule has 0 bridgehead atoms. The fourth-order valence-electron chi connectivity index (χ4n) is 3.73. The molecule has 4 rings (SSSR count). The number of aryl methyl sites for hydroxylation is 1. The number of alkyl halides is 3. The van der Waals surface area contributed by atoms with Crippen molar-refractivity contribution in [1.82, 2.24) is 4.98 Å². The Balaban J connectivity index is 1.98. The van der Waals surface area contributed by atoms with Gasteiger partial charge < -0.3 is 5.73 Å². The van der Waals surface area contributed by atoms with Crippen molar-refractivity contribution < 1.29 is 13.2 Å². The van der Waals surface area contributed by atoms with Gasteiger partial charge in [0.25, 0.3) is 0 Å². The van der Waals surface area contributed by atoms with Gasteiger partial charge in [0.15, 0.2) is 11.7 Å². The molecule has 1 aliphatic heterocycles. The molecule has 2 heterocycles. The third kappa shape index (κ3) is 3.66. The highest BCUT2D eigenvalue weighted by Crippen LogP contribution is 2.44. The Morgan fingerprint density at radius 3 is 2.55 bits per heavy atom. The standard InChI is InChI=1S/C22H19ClF3N5/c1-12-5-4-6-13-9-14(18(30-17(12)13)15-7-2-3-8-16(15)23)10-21(22(24,25)26)11-29-20(28)31-19(21)27/h2-9,11,20H,10,28H2,1H3,(H2,27,31). The van der Waals surface area contributed by atoms with E-state index in [0.717, 1.165) is 11.8 Å². The van der Waals surface area contributed by atoms with Crippen molar-refractivity contribution in [2.75, 3.05) is 0 Å². The molecule has 2 aromatic carbocycles. The van der Waals surface area contributed by atoms with E-state index < -0.39 is 30.1 Å². The highest BCUT2D eigenvalue weighted by Gasteiger charge is 2.58. The number of nitrogens with zero attached hydrogens (tertiary/aromatic N) is 3. The first kappa shape index (κ1) is 21.3. The molecule has 1 aromatic heterocycles. The van der Waals surface area contributed by atoms with Gasteiger partial charge in [-0.15, -0.1) is 0 Å². The first-order valence-electron chi connectivity index (χ1n) is 9.47. The highest BCUT2D eigenvalue weighted by molar-refractivity contribution is 6.33. The van der Waals surface area contributed by atoms with Crippen molar-refractivity contribution in [3.05, 3.63) is 64.7 Å². The van der Waals surface area contributed by atoms with Crippen molar-refractivity contribution >= 4 is 34.6 Å². The topological polar surface area (TPSA) is 89.6 Å². The molecule has 0 fully saturated rings. The molecule has 31 heavy (non-hydrogen) atoms. The van der Waals surface area contributed by atoms with Crippen molar-refractivity contribution in [3.8, 4) is 11.3 Å². The molecule has 2 unspecified atom stereocenters. The van der Waals surface area contributed by atoms with Crippen LogP contribution in [-0.4, -0.2) is 29.5 Å². The average Bonchev–Trinajstić information content (AvgIpc) is 2.70. The summed E-state index contributed by atoms with van der Waals surface area (Å²) in [7, 11) is 0. The molecule has 5 nitrogen and oxygen atoms in total. The number of aliphatic imine (C=N–C) groups is 2. The summed E-state index contributed by atoms with van der Waals surface area (Å²) in [6.07, 6.45) is -5.68. The summed E-state index contributed by atoms with van der Waals surface area (Å²) in [6.45, 7) is 1.89. The van der Waals surface area contributed by atoms with E-state index in [9.17, 15) is 13.2 Å². The van der Waals surface area contributed by atoms with E-state index in [1.165, 1.54) is 0 Å². The van der Waals surface area contributed by atoms with Gasteiger partial charge in [0.2, 0.25) is 0 Å². The Labute approximate surface area is 181 Å². The first-order valence-corrected chi connectivity index (χ1v) is 9.85. The van der Waals surface area contributed by atoms with Crippen molar-refractivity contribution in [2.45, 2.75) is 25.8 Å². The summed E-state index contributed by atoms with van der Waals surface area (Å²) >= 11 is 6.38. The molecule has 160 valence electrons. The SMILES string of the molecule is Cc1cccc2cc(CC3(C(F)(F)F)C=NC(N)N=C3N)c(-c3ccccc3Cl)nc12. The number of hydrogen-bond acceptors (Lipinski definition) is 5. The van der Waals surface area contributed by atoms with Gasteiger partial charge in [0.1, 0.15) is 5.84 Å².